The molecular weight excluding hydrogens is 323 g/mol. The second kappa shape index (κ2) is 7.34. The van der Waals surface area contributed by atoms with Crippen molar-refractivity contribution in [3.8, 4) is 0 Å². The lowest BCUT2D eigenvalue weighted by atomic mass is 10.0. The molecule has 22 heavy (non-hydrogen) atoms. The van der Waals surface area contributed by atoms with Crippen LogP contribution >= 0.6 is 23.2 Å². The van der Waals surface area contributed by atoms with E-state index >= 15 is 0 Å². The Morgan fingerprint density at radius 2 is 2.14 bits per heavy atom. The topological polar surface area (TPSA) is 41.9 Å². The summed E-state index contributed by atoms with van der Waals surface area (Å²) in [4.78, 5) is 19.4. The summed E-state index contributed by atoms with van der Waals surface area (Å²) >= 11 is 12.0. The molecule has 0 spiro atoms. The Kier molecular flexibility index (Phi) is 5.70. The van der Waals surface area contributed by atoms with Gasteiger partial charge in [-0.3, -0.25) is 4.79 Å². The molecule has 0 N–H and O–H groups in total. The van der Waals surface area contributed by atoms with E-state index in [4.69, 9.17) is 28.0 Å². The maximum Gasteiger partial charge on any atom is 0.225 e. The van der Waals surface area contributed by atoms with Crippen molar-refractivity contribution in [3.63, 3.8) is 0 Å². The van der Waals surface area contributed by atoms with Crippen LogP contribution in [-0.4, -0.2) is 35.7 Å². The van der Waals surface area contributed by atoms with Gasteiger partial charge in [-0.1, -0.05) is 48.3 Å². The molecular formula is C16H20Cl2N2O2. The Labute approximate surface area is 141 Å². The van der Waals surface area contributed by atoms with Gasteiger partial charge in [0.05, 0.1) is 22.3 Å². The first-order valence-corrected chi connectivity index (χ1v) is 8.14. The minimum absolute atomic E-state index is 0.0168. The molecule has 2 rings (SSSR count). The molecule has 1 aromatic rings. The molecule has 1 aliphatic rings. The molecule has 1 atom stereocenters. The zero-order valence-electron chi connectivity index (χ0n) is 13.0. The van der Waals surface area contributed by atoms with Crippen molar-refractivity contribution < 1.29 is 9.63 Å². The third kappa shape index (κ3) is 3.93. The average molecular weight is 343 g/mol. The van der Waals surface area contributed by atoms with E-state index in [1.165, 1.54) is 0 Å². The summed E-state index contributed by atoms with van der Waals surface area (Å²) in [5.74, 6) is 0.117. The lowest BCUT2D eigenvalue weighted by molar-refractivity contribution is -0.136. The second-order valence-corrected chi connectivity index (χ2v) is 6.44. The molecule has 4 nitrogen and oxygen atoms in total. The predicted molar refractivity (Wildman–Crippen MR) is 89.6 cm³/mol. The fraction of sp³-hybridized carbons (Fsp3) is 0.500. The minimum Gasteiger partial charge on any atom is -0.390 e. The van der Waals surface area contributed by atoms with E-state index in [9.17, 15) is 4.79 Å². The first kappa shape index (κ1) is 17.1. The highest BCUT2D eigenvalue weighted by Gasteiger charge is 2.27. The highest BCUT2D eigenvalue weighted by molar-refractivity contribution is 6.42. The Morgan fingerprint density at radius 1 is 1.41 bits per heavy atom. The zero-order valence-corrected chi connectivity index (χ0v) is 14.5. The number of carbonyl (C=O) groups is 1. The monoisotopic (exact) mass is 342 g/mol. The summed E-state index contributed by atoms with van der Waals surface area (Å²) in [5.41, 5.74) is 1.73. The van der Waals surface area contributed by atoms with Crippen LogP contribution in [0.4, 0.5) is 0 Å². The number of carbonyl (C=O) groups excluding carboxylic acids is 1. The number of nitrogens with zero attached hydrogens (tertiary/aromatic N) is 2. The quantitative estimate of drug-likeness (QED) is 0.811. The number of halogens is 2. The smallest absolute Gasteiger partial charge is 0.225 e. The van der Waals surface area contributed by atoms with Gasteiger partial charge in [-0.25, -0.2) is 0 Å². The zero-order chi connectivity index (χ0) is 16.3. The number of amides is 1. The Balaban J connectivity index is 1.99. The molecule has 0 radical (unpaired) electrons. The summed E-state index contributed by atoms with van der Waals surface area (Å²) in [6.07, 6.45) is 0.534. The molecule has 0 fully saturated rings. The number of rotatable bonds is 5. The highest BCUT2D eigenvalue weighted by Crippen LogP contribution is 2.25. The molecule has 0 saturated carbocycles. The number of likely N-dealkylation sites (N-methyl/N-ethyl adjacent to an activating group) is 1. The molecule has 6 heteroatoms. The van der Waals surface area contributed by atoms with E-state index in [0.29, 0.717) is 29.6 Å². The van der Waals surface area contributed by atoms with Crippen LogP contribution in [0.2, 0.25) is 10.0 Å². The first-order valence-electron chi connectivity index (χ1n) is 7.39. The van der Waals surface area contributed by atoms with Crippen molar-refractivity contribution in [2.75, 3.05) is 13.1 Å². The van der Waals surface area contributed by atoms with E-state index in [1.54, 1.807) is 12.1 Å². The van der Waals surface area contributed by atoms with Crippen molar-refractivity contribution in [1.82, 2.24) is 4.90 Å². The van der Waals surface area contributed by atoms with Gasteiger partial charge in [-0.2, -0.15) is 0 Å². The first-order chi connectivity index (χ1) is 10.4. The molecule has 1 amide bonds. The van der Waals surface area contributed by atoms with E-state index in [1.807, 2.05) is 31.7 Å². The summed E-state index contributed by atoms with van der Waals surface area (Å²) in [5, 5.41) is 5.14. The van der Waals surface area contributed by atoms with E-state index in [0.717, 1.165) is 11.3 Å². The van der Waals surface area contributed by atoms with Crippen LogP contribution in [0, 0.1) is 5.92 Å². The van der Waals surface area contributed by atoms with Gasteiger partial charge in [0, 0.05) is 24.4 Å². The van der Waals surface area contributed by atoms with Crippen LogP contribution in [-0.2, 0) is 9.63 Å². The molecule has 120 valence electrons. The van der Waals surface area contributed by atoms with Crippen LogP contribution < -0.4 is 0 Å². The van der Waals surface area contributed by atoms with Gasteiger partial charge in [0.25, 0.3) is 0 Å². The molecule has 0 aliphatic carbocycles. The number of hydrogen-bond donors (Lipinski definition) is 0. The highest BCUT2D eigenvalue weighted by atomic mass is 35.5. The van der Waals surface area contributed by atoms with Crippen molar-refractivity contribution in [3.05, 3.63) is 33.8 Å². The summed E-state index contributed by atoms with van der Waals surface area (Å²) in [6.45, 7) is 6.98. The minimum atomic E-state index is -0.118. The van der Waals surface area contributed by atoms with Crippen LogP contribution in [0.25, 0.3) is 0 Å². The SMILES string of the molecule is CCN(C[C@@H]1CC(c2ccc(Cl)c(Cl)c2)=NO1)C(=O)C(C)C. The van der Waals surface area contributed by atoms with Crippen LogP contribution in [0.3, 0.4) is 0 Å². The Bertz CT molecular complexity index is 588. The third-order valence-electron chi connectivity index (χ3n) is 3.60. The van der Waals surface area contributed by atoms with Gasteiger partial charge in [0.15, 0.2) is 6.10 Å². The van der Waals surface area contributed by atoms with Gasteiger partial charge in [-0.15, -0.1) is 0 Å². The van der Waals surface area contributed by atoms with Crippen molar-refractivity contribution >= 4 is 34.8 Å². The van der Waals surface area contributed by atoms with Crippen molar-refractivity contribution in [1.29, 1.82) is 0 Å². The summed E-state index contributed by atoms with van der Waals surface area (Å²) in [7, 11) is 0. The van der Waals surface area contributed by atoms with Gasteiger partial charge >= 0.3 is 0 Å². The normalized spacial score (nSPS) is 17.4. The molecule has 1 aromatic carbocycles. The van der Waals surface area contributed by atoms with Gasteiger partial charge < -0.3 is 9.74 Å². The van der Waals surface area contributed by atoms with E-state index < -0.39 is 0 Å². The van der Waals surface area contributed by atoms with Crippen LogP contribution in [0.15, 0.2) is 23.4 Å². The lowest BCUT2D eigenvalue weighted by Gasteiger charge is -2.24. The van der Waals surface area contributed by atoms with E-state index in [2.05, 4.69) is 5.16 Å². The molecule has 1 heterocycles. The lowest BCUT2D eigenvalue weighted by Crippen LogP contribution is -2.39. The standard InChI is InChI=1S/C16H20Cl2N2O2/c1-4-20(16(21)10(2)3)9-12-8-15(19-22-12)11-5-6-13(17)14(18)7-11/h5-7,10,12H,4,8-9H2,1-3H3/t12-/m0/s1. The van der Waals surface area contributed by atoms with Crippen molar-refractivity contribution in [2.45, 2.75) is 33.3 Å². The summed E-state index contributed by atoms with van der Waals surface area (Å²) in [6, 6.07) is 5.40. The molecule has 0 unspecified atom stereocenters. The third-order valence-corrected chi connectivity index (χ3v) is 4.34. The van der Waals surface area contributed by atoms with Crippen LogP contribution in [0.5, 0.6) is 0 Å². The summed E-state index contributed by atoms with van der Waals surface area (Å²) < 4.78 is 0. The molecule has 1 aliphatic heterocycles. The van der Waals surface area contributed by atoms with E-state index in [-0.39, 0.29) is 17.9 Å². The van der Waals surface area contributed by atoms with Crippen LogP contribution in [0.1, 0.15) is 32.8 Å². The van der Waals surface area contributed by atoms with Gasteiger partial charge in [0.2, 0.25) is 5.91 Å². The largest absolute Gasteiger partial charge is 0.390 e. The Morgan fingerprint density at radius 3 is 2.73 bits per heavy atom. The number of benzene rings is 1. The Hall–Kier alpha value is -1.26. The molecule has 0 aromatic heterocycles. The number of oxime groups is 1. The van der Waals surface area contributed by atoms with Gasteiger partial charge in [-0.05, 0) is 19.1 Å². The second-order valence-electron chi connectivity index (χ2n) is 5.63. The maximum atomic E-state index is 12.1. The maximum absolute atomic E-state index is 12.1. The average Bonchev–Trinajstić information content (AvgIpc) is 2.95. The van der Waals surface area contributed by atoms with Gasteiger partial charge in [0.1, 0.15) is 0 Å². The fourth-order valence-electron chi connectivity index (χ4n) is 2.36. The molecule has 0 bridgehead atoms. The molecule has 0 saturated heterocycles. The predicted octanol–water partition coefficient (Wildman–Crippen LogP) is 3.99. The number of hydrogen-bond acceptors (Lipinski definition) is 3. The van der Waals surface area contributed by atoms with Crippen molar-refractivity contribution in [2.24, 2.45) is 11.1 Å². The fourth-order valence-corrected chi connectivity index (χ4v) is 2.66.